The largest absolute Gasteiger partial charge is 0.478 e. The van der Waals surface area contributed by atoms with E-state index in [1.54, 1.807) is 41.4 Å². The Morgan fingerprint density at radius 2 is 2.08 bits per heavy atom. The van der Waals surface area contributed by atoms with Gasteiger partial charge in [0.2, 0.25) is 0 Å². The van der Waals surface area contributed by atoms with Crippen LogP contribution < -0.4 is 0 Å². The highest BCUT2D eigenvalue weighted by Crippen LogP contribution is 2.35. The van der Waals surface area contributed by atoms with Gasteiger partial charge in [-0.3, -0.25) is 9.69 Å². The number of likely N-dealkylation sites (N-methyl/N-ethyl adjacent to an activating group) is 1. The molecular weight excluding hydrogens is 374 g/mol. The van der Waals surface area contributed by atoms with Crippen LogP contribution in [0.3, 0.4) is 0 Å². The Morgan fingerprint density at radius 1 is 1.35 bits per heavy atom. The minimum Gasteiger partial charge on any atom is -0.478 e. The molecule has 0 saturated carbocycles. The maximum Gasteiger partial charge on any atom is 0.335 e. The highest BCUT2D eigenvalue weighted by Gasteiger charge is 2.32. The summed E-state index contributed by atoms with van der Waals surface area (Å²) < 4.78 is 0. The SMILES string of the molecule is CCN1C(=O)/C(=C/c2ccc(C(=O)O)cc2)SC1=Nc1cccnc1Cl. The molecular formula is C18H14ClN3O3S. The lowest BCUT2D eigenvalue weighted by atomic mass is 10.1. The Morgan fingerprint density at radius 3 is 2.69 bits per heavy atom. The molecule has 1 N–H and O–H groups in total. The minimum absolute atomic E-state index is 0.154. The molecule has 0 unspecified atom stereocenters. The van der Waals surface area contributed by atoms with E-state index in [9.17, 15) is 9.59 Å². The standard InChI is InChI=1S/C18H14ClN3O3S/c1-2-22-16(23)14(10-11-5-7-12(8-6-11)17(24)25)26-18(22)21-13-4-3-9-20-15(13)19/h3-10H,2H2,1H3,(H,24,25)/b14-10-,21-18?. The van der Waals surface area contributed by atoms with Gasteiger partial charge >= 0.3 is 5.97 Å². The number of amidine groups is 1. The molecule has 132 valence electrons. The third kappa shape index (κ3) is 3.79. The van der Waals surface area contributed by atoms with Gasteiger partial charge in [0.05, 0.1) is 10.5 Å². The summed E-state index contributed by atoms with van der Waals surface area (Å²) in [6.07, 6.45) is 3.29. The fraction of sp³-hybridized carbons (Fsp3) is 0.111. The van der Waals surface area contributed by atoms with Crippen LogP contribution in [0.15, 0.2) is 52.5 Å². The lowest BCUT2D eigenvalue weighted by Gasteiger charge is -2.12. The molecule has 0 aliphatic carbocycles. The summed E-state index contributed by atoms with van der Waals surface area (Å²) in [6, 6.07) is 9.78. The first-order chi connectivity index (χ1) is 12.5. The average molecular weight is 388 g/mol. The molecule has 26 heavy (non-hydrogen) atoms. The van der Waals surface area contributed by atoms with Gasteiger partial charge in [-0.1, -0.05) is 23.7 Å². The van der Waals surface area contributed by atoms with E-state index < -0.39 is 5.97 Å². The Kier molecular flexibility index (Phi) is 5.39. The van der Waals surface area contributed by atoms with Crippen LogP contribution in [0, 0.1) is 0 Å². The number of nitrogens with zero attached hydrogens (tertiary/aromatic N) is 3. The van der Waals surface area contributed by atoms with Gasteiger partial charge in [0.15, 0.2) is 10.3 Å². The van der Waals surface area contributed by atoms with Crippen LogP contribution in [0.25, 0.3) is 6.08 Å². The smallest absolute Gasteiger partial charge is 0.335 e. The zero-order valence-electron chi connectivity index (χ0n) is 13.7. The molecule has 3 rings (SSSR count). The maximum atomic E-state index is 12.6. The predicted octanol–water partition coefficient (Wildman–Crippen LogP) is 4.06. The Labute approximate surface area is 159 Å². The summed E-state index contributed by atoms with van der Waals surface area (Å²) in [6.45, 7) is 2.33. The second-order valence-electron chi connectivity index (χ2n) is 5.29. The molecule has 1 aromatic heterocycles. The van der Waals surface area contributed by atoms with Crippen LogP contribution in [-0.4, -0.2) is 38.6 Å². The van der Waals surface area contributed by atoms with Crippen molar-refractivity contribution < 1.29 is 14.7 Å². The number of hydrogen-bond acceptors (Lipinski definition) is 5. The van der Waals surface area contributed by atoms with Crippen LogP contribution in [0.5, 0.6) is 0 Å². The summed E-state index contributed by atoms with van der Waals surface area (Å²) in [5, 5.41) is 9.75. The molecule has 1 aliphatic rings. The van der Waals surface area contributed by atoms with E-state index >= 15 is 0 Å². The van der Waals surface area contributed by atoms with Crippen molar-refractivity contribution in [2.75, 3.05) is 6.54 Å². The van der Waals surface area contributed by atoms with E-state index in [-0.39, 0.29) is 16.6 Å². The molecule has 6 nitrogen and oxygen atoms in total. The summed E-state index contributed by atoms with van der Waals surface area (Å²) in [4.78, 5) is 34.1. The van der Waals surface area contributed by atoms with E-state index in [4.69, 9.17) is 16.7 Å². The first kappa shape index (κ1) is 18.2. The first-order valence-corrected chi connectivity index (χ1v) is 8.93. The number of aromatic nitrogens is 1. The number of carboxylic acid groups (broad SMARTS) is 1. The van der Waals surface area contributed by atoms with Crippen LogP contribution in [0.1, 0.15) is 22.8 Å². The Bertz CT molecular complexity index is 926. The molecule has 2 heterocycles. The number of pyridine rings is 1. The lowest BCUT2D eigenvalue weighted by Crippen LogP contribution is -2.28. The number of aromatic carboxylic acids is 1. The van der Waals surface area contributed by atoms with Gasteiger partial charge in [-0.25, -0.2) is 14.8 Å². The van der Waals surface area contributed by atoms with Crippen molar-refractivity contribution in [1.29, 1.82) is 0 Å². The third-order valence-electron chi connectivity index (χ3n) is 3.62. The molecule has 2 aromatic rings. The molecule has 1 amide bonds. The molecule has 8 heteroatoms. The van der Waals surface area contributed by atoms with Gasteiger partial charge < -0.3 is 5.11 Å². The van der Waals surface area contributed by atoms with Crippen LogP contribution in [0.4, 0.5) is 5.69 Å². The fourth-order valence-electron chi connectivity index (χ4n) is 2.31. The van der Waals surface area contributed by atoms with Gasteiger partial charge in [-0.15, -0.1) is 0 Å². The van der Waals surface area contributed by atoms with E-state index in [1.165, 1.54) is 23.9 Å². The molecule has 1 saturated heterocycles. The molecule has 1 aromatic carbocycles. The number of hydrogen-bond donors (Lipinski definition) is 1. The number of thioether (sulfide) groups is 1. The highest BCUT2D eigenvalue weighted by molar-refractivity contribution is 8.18. The summed E-state index contributed by atoms with van der Waals surface area (Å²) >= 11 is 7.29. The second-order valence-corrected chi connectivity index (χ2v) is 6.66. The summed E-state index contributed by atoms with van der Waals surface area (Å²) in [5.74, 6) is -1.14. The fourth-order valence-corrected chi connectivity index (χ4v) is 3.52. The molecule has 0 atom stereocenters. The van der Waals surface area contributed by atoms with Crippen LogP contribution in [0.2, 0.25) is 5.15 Å². The quantitative estimate of drug-likeness (QED) is 0.631. The van der Waals surface area contributed by atoms with Gasteiger partial charge in [-0.2, -0.15) is 0 Å². The van der Waals surface area contributed by atoms with Gasteiger partial charge in [0, 0.05) is 12.7 Å². The zero-order chi connectivity index (χ0) is 18.7. The lowest BCUT2D eigenvalue weighted by molar-refractivity contribution is -0.122. The van der Waals surface area contributed by atoms with Crippen molar-refractivity contribution in [2.45, 2.75) is 6.92 Å². The minimum atomic E-state index is -0.990. The van der Waals surface area contributed by atoms with Gasteiger partial charge in [0.25, 0.3) is 5.91 Å². The first-order valence-electron chi connectivity index (χ1n) is 7.73. The Balaban J connectivity index is 1.91. The zero-order valence-corrected chi connectivity index (χ0v) is 15.3. The predicted molar refractivity (Wildman–Crippen MR) is 103 cm³/mol. The monoisotopic (exact) mass is 387 g/mol. The number of rotatable bonds is 4. The van der Waals surface area contributed by atoms with E-state index in [2.05, 4.69) is 9.98 Å². The van der Waals surface area contributed by atoms with Gasteiger partial charge in [0.1, 0.15) is 5.69 Å². The topological polar surface area (TPSA) is 82.9 Å². The van der Waals surface area contributed by atoms with Crippen LogP contribution in [-0.2, 0) is 4.79 Å². The number of benzene rings is 1. The van der Waals surface area contributed by atoms with Crippen molar-refractivity contribution in [2.24, 2.45) is 4.99 Å². The van der Waals surface area contributed by atoms with Crippen molar-refractivity contribution >= 4 is 52.2 Å². The molecule has 0 radical (unpaired) electrons. The number of halogens is 1. The van der Waals surface area contributed by atoms with E-state index in [1.807, 2.05) is 6.92 Å². The van der Waals surface area contributed by atoms with Crippen molar-refractivity contribution in [3.05, 3.63) is 63.8 Å². The third-order valence-corrected chi connectivity index (χ3v) is 4.91. The number of carbonyl (C=O) groups is 2. The molecule has 1 aliphatic heterocycles. The summed E-state index contributed by atoms with van der Waals surface area (Å²) in [7, 11) is 0. The highest BCUT2D eigenvalue weighted by atomic mass is 35.5. The van der Waals surface area contributed by atoms with Crippen molar-refractivity contribution in [1.82, 2.24) is 9.88 Å². The normalized spacial score (nSPS) is 17.3. The van der Waals surface area contributed by atoms with Crippen molar-refractivity contribution in [3.8, 4) is 0 Å². The summed E-state index contributed by atoms with van der Waals surface area (Å²) in [5.41, 5.74) is 1.43. The number of carboxylic acids is 1. The number of aliphatic imine (C=N–C) groups is 1. The average Bonchev–Trinajstić information content (AvgIpc) is 2.92. The van der Waals surface area contributed by atoms with Crippen LogP contribution >= 0.6 is 23.4 Å². The maximum absolute atomic E-state index is 12.6. The van der Waals surface area contributed by atoms with E-state index in [0.29, 0.717) is 22.3 Å². The van der Waals surface area contributed by atoms with Crippen molar-refractivity contribution in [3.63, 3.8) is 0 Å². The number of carbonyl (C=O) groups excluding carboxylic acids is 1. The van der Waals surface area contributed by atoms with Gasteiger partial charge in [-0.05, 0) is 54.6 Å². The number of amides is 1. The van der Waals surface area contributed by atoms with E-state index in [0.717, 1.165) is 5.56 Å². The Hall–Kier alpha value is -2.64. The molecule has 1 fully saturated rings. The second kappa shape index (κ2) is 7.72. The molecule has 0 bridgehead atoms. The molecule has 0 spiro atoms.